The number of carbonyl (C=O) groups excluding carboxylic acids is 3. The van der Waals surface area contributed by atoms with Crippen LogP contribution in [0.2, 0.25) is 0 Å². The monoisotopic (exact) mass is 337 g/mol. The average molecular weight is 337 g/mol. The summed E-state index contributed by atoms with van der Waals surface area (Å²) in [7, 11) is 0. The van der Waals surface area contributed by atoms with E-state index in [2.05, 4.69) is 16.0 Å². The molecule has 0 aromatic heterocycles. The van der Waals surface area contributed by atoms with Crippen LogP contribution in [0.1, 0.15) is 30.1 Å². The van der Waals surface area contributed by atoms with Crippen molar-refractivity contribution in [2.24, 2.45) is 5.92 Å². The first kappa shape index (κ1) is 16.7. The number of hydrogen-bond acceptors (Lipinski definition) is 3. The van der Waals surface area contributed by atoms with Gasteiger partial charge in [0.1, 0.15) is 0 Å². The minimum atomic E-state index is -0.289. The topological polar surface area (TPSA) is 87.3 Å². The molecule has 0 bridgehead atoms. The molecule has 25 heavy (non-hydrogen) atoms. The zero-order chi connectivity index (χ0) is 17.8. The summed E-state index contributed by atoms with van der Waals surface area (Å²) in [6, 6.07) is 13.7. The number of hydrogen-bond donors (Lipinski definition) is 3. The first-order valence-corrected chi connectivity index (χ1v) is 8.11. The highest BCUT2D eigenvalue weighted by Crippen LogP contribution is 2.30. The molecule has 6 heteroatoms. The third kappa shape index (κ3) is 4.67. The van der Waals surface area contributed by atoms with Crippen molar-refractivity contribution in [2.75, 3.05) is 16.0 Å². The molecule has 3 N–H and O–H groups in total. The molecule has 0 saturated heterocycles. The third-order valence-electron chi connectivity index (χ3n) is 3.78. The van der Waals surface area contributed by atoms with Crippen molar-refractivity contribution in [1.82, 2.24) is 0 Å². The van der Waals surface area contributed by atoms with E-state index in [9.17, 15) is 14.4 Å². The summed E-state index contributed by atoms with van der Waals surface area (Å²) >= 11 is 0. The van der Waals surface area contributed by atoms with Crippen molar-refractivity contribution in [3.05, 3.63) is 54.1 Å². The van der Waals surface area contributed by atoms with Gasteiger partial charge >= 0.3 is 0 Å². The van der Waals surface area contributed by atoms with Crippen LogP contribution >= 0.6 is 0 Å². The molecule has 0 aliphatic heterocycles. The Balaban J connectivity index is 1.68. The Morgan fingerprint density at radius 1 is 0.840 bits per heavy atom. The highest BCUT2D eigenvalue weighted by Gasteiger charge is 2.29. The third-order valence-corrected chi connectivity index (χ3v) is 3.78. The zero-order valence-corrected chi connectivity index (χ0v) is 13.8. The summed E-state index contributed by atoms with van der Waals surface area (Å²) in [4.78, 5) is 35.4. The maximum absolute atomic E-state index is 12.4. The van der Waals surface area contributed by atoms with Crippen molar-refractivity contribution in [1.29, 1.82) is 0 Å². The highest BCUT2D eigenvalue weighted by molar-refractivity contribution is 6.05. The van der Waals surface area contributed by atoms with Gasteiger partial charge in [-0.25, -0.2) is 0 Å². The van der Waals surface area contributed by atoms with Crippen LogP contribution in [0, 0.1) is 5.92 Å². The van der Waals surface area contributed by atoms with Crippen LogP contribution in [0.25, 0.3) is 0 Å². The van der Waals surface area contributed by atoms with Crippen LogP contribution in [0.3, 0.4) is 0 Å². The second-order valence-corrected chi connectivity index (χ2v) is 6.06. The molecular formula is C19H19N3O3. The number of amides is 3. The largest absolute Gasteiger partial charge is 0.326 e. The maximum Gasteiger partial charge on any atom is 0.255 e. The molecule has 0 atom stereocenters. The summed E-state index contributed by atoms with van der Waals surface area (Å²) in [5, 5.41) is 8.28. The van der Waals surface area contributed by atoms with E-state index in [4.69, 9.17) is 0 Å². The molecule has 0 unspecified atom stereocenters. The van der Waals surface area contributed by atoms with Crippen LogP contribution in [0.15, 0.2) is 48.5 Å². The molecule has 0 radical (unpaired) electrons. The molecule has 1 aliphatic rings. The molecule has 1 fully saturated rings. The van der Waals surface area contributed by atoms with E-state index in [1.165, 1.54) is 6.92 Å². The van der Waals surface area contributed by atoms with Gasteiger partial charge in [-0.1, -0.05) is 12.1 Å². The lowest BCUT2D eigenvalue weighted by Crippen LogP contribution is -2.15. The Bertz CT molecular complexity index is 828. The van der Waals surface area contributed by atoms with Crippen LogP contribution in [0.4, 0.5) is 17.1 Å². The summed E-state index contributed by atoms with van der Waals surface area (Å²) in [6.45, 7) is 1.42. The fourth-order valence-corrected chi connectivity index (χ4v) is 2.41. The van der Waals surface area contributed by atoms with E-state index in [-0.39, 0.29) is 23.6 Å². The first-order chi connectivity index (χ1) is 12.0. The maximum atomic E-state index is 12.4. The Kier molecular flexibility index (Phi) is 4.79. The summed E-state index contributed by atoms with van der Waals surface area (Å²) in [5.74, 6) is -0.361. The number of carbonyl (C=O) groups is 3. The Hall–Kier alpha value is -3.15. The first-order valence-electron chi connectivity index (χ1n) is 8.11. The summed E-state index contributed by atoms with van der Waals surface area (Å²) in [6.07, 6.45) is 1.85. The van der Waals surface area contributed by atoms with Crippen molar-refractivity contribution >= 4 is 34.8 Å². The molecule has 3 rings (SSSR count). The lowest BCUT2D eigenvalue weighted by Gasteiger charge is -2.09. The standard InChI is InChI=1S/C19H19N3O3/c1-12(23)20-16-6-3-7-17(11-16)22-19(25)14-4-2-5-15(10-14)21-18(24)13-8-9-13/h2-7,10-11,13H,8-9H2,1H3,(H,20,23)(H,21,24)(H,22,25). The summed E-state index contributed by atoms with van der Waals surface area (Å²) < 4.78 is 0. The molecule has 6 nitrogen and oxygen atoms in total. The molecule has 1 aliphatic carbocycles. The fourth-order valence-electron chi connectivity index (χ4n) is 2.41. The lowest BCUT2D eigenvalue weighted by molar-refractivity contribution is -0.117. The van der Waals surface area contributed by atoms with Crippen LogP contribution in [0.5, 0.6) is 0 Å². The van der Waals surface area contributed by atoms with Gasteiger partial charge in [0.2, 0.25) is 11.8 Å². The van der Waals surface area contributed by atoms with Crippen LogP contribution in [-0.4, -0.2) is 17.7 Å². The normalized spacial score (nSPS) is 13.0. The molecule has 3 amide bonds. The number of nitrogens with one attached hydrogen (secondary N) is 3. The van der Waals surface area contributed by atoms with Gasteiger partial charge in [-0.2, -0.15) is 0 Å². The number of benzene rings is 2. The molecule has 0 heterocycles. The Morgan fingerprint density at radius 2 is 1.44 bits per heavy atom. The van der Waals surface area contributed by atoms with E-state index in [1.807, 2.05) is 0 Å². The predicted octanol–water partition coefficient (Wildman–Crippen LogP) is 3.25. The van der Waals surface area contributed by atoms with E-state index < -0.39 is 0 Å². The molecule has 2 aromatic rings. The predicted molar refractivity (Wildman–Crippen MR) is 96.5 cm³/mol. The van der Waals surface area contributed by atoms with Gasteiger partial charge < -0.3 is 16.0 Å². The van der Waals surface area contributed by atoms with Gasteiger partial charge in [-0.3, -0.25) is 14.4 Å². The Morgan fingerprint density at radius 3 is 2.08 bits per heavy atom. The van der Waals surface area contributed by atoms with Crippen molar-refractivity contribution in [2.45, 2.75) is 19.8 Å². The molecule has 0 spiro atoms. The summed E-state index contributed by atoms with van der Waals surface area (Å²) in [5.41, 5.74) is 2.23. The average Bonchev–Trinajstić information content (AvgIpc) is 3.40. The van der Waals surface area contributed by atoms with Crippen LogP contribution in [-0.2, 0) is 9.59 Å². The smallest absolute Gasteiger partial charge is 0.255 e. The minimum Gasteiger partial charge on any atom is -0.326 e. The molecule has 128 valence electrons. The number of anilines is 3. The van der Waals surface area contributed by atoms with Gasteiger partial charge in [0, 0.05) is 35.5 Å². The molecule has 1 saturated carbocycles. The lowest BCUT2D eigenvalue weighted by atomic mass is 10.1. The second-order valence-electron chi connectivity index (χ2n) is 6.06. The van der Waals surface area contributed by atoms with Crippen LogP contribution < -0.4 is 16.0 Å². The zero-order valence-electron chi connectivity index (χ0n) is 13.8. The number of rotatable bonds is 5. The van der Waals surface area contributed by atoms with Crippen molar-refractivity contribution in [3.8, 4) is 0 Å². The fraction of sp³-hybridized carbons (Fsp3) is 0.211. The second kappa shape index (κ2) is 7.17. The molecule has 2 aromatic carbocycles. The Labute approximate surface area is 145 Å². The van der Waals surface area contributed by atoms with Crippen molar-refractivity contribution < 1.29 is 14.4 Å². The van der Waals surface area contributed by atoms with E-state index in [0.717, 1.165) is 12.8 Å². The van der Waals surface area contributed by atoms with E-state index in [0.29, 0.717) is 22.6 Å². The highest BCUT2D eigenvalue weighted by atomic mass is 16.2. The van der Waals surface area contributed by atoms with Gasteiger partial charge in [0.25, 0.3) is 5.91 Å². The van der Waals surface area contributed by atoms with Gasteiger partial charge in [-0.05, 0) is 49.2 Å². The van der Waals surface area contributed by atoms with Gasteiger partial charge in [-0.15, -0.1) is 0 Å². The molecular weight excluding hydrogens is 318 g/mol. The minimum absolute atomic E-state index is 0.000525. The van der Waals surface area contributed by atoms with Crippen molar-refractivity contribution in [3.63, 3.8) is 0 Å². The van der Waals surface area contributed by atoms with E-state index in [1.54, 1.807) is 48.5 Å². The quantitative estimate of drug-likeness (QED) is 0.782. The SMILES string of the molecule is CC(=O)Nc1cccc(NC(=O)c2cccc(NC(=O)C3CC3)c2)c1. The van der Waals surface area contributed by atoms with Gasteiger partial charge in [0.05, 0.1) is 0 Å². The van der Waals surface area contributed by atoms with Gasteiger partial charge in [0.15, 0.2) is 0 Å². The van der Waals surface area contributed by atoms with E-state index >= 15 is 0 Å².